The Bertz CT molecular complexity index is 827. The van der Waals surface area contributed by atoms with Crippen LogP contribution in [0.1, 0.15) is 37.6 Å². The quantitative estimate of drug-likeness (QED) is 0.539. The second kappa shape index (κ2) is 7.77. The Labute approximate surface area is 146 Å². The third-order valence-electron chi connectivity index (χ3n) is 4.12. The van der Waals surface area contributed by atoms with E-state index in [0.717, 1.165) is 70.6 Å². The van der Waals surface area contributed by atoms with E-state index in [-0.39, 0.29) is 0 Å². The third kappa shape index (κ3) is 3.44. The van der Waals surface area contributed by atoms with Crippen LogP contribution in [-0.4, -0.2) is 23.1 Å². The standard InChI is InChI=1S/C18H25N5S/c1-2-3-9-14-23-16-17(24-14)15-12(21-11-5-4-10-19)7-6-8-13(15)22-18(16)20/h6-8,21H,2-5,9-11,19H2,1H3,(H2,20,22). The minimum atomic E-state index is 0.525. The number of nitrogens with one attached hydrogen (secondary N) is 1. The highest BCUT2D eigenvalue weighted by molar-refractivity contribution is 7.19. The van der Waals surface area contributed by atoms with Crippen LogP contribution in [0.25, 0.3) is 21.1 Å². The van der Waals surface area contributed by atoms with Gasteiger partial charge in [0, 0.05) is 17.6 Å². The maximum Gasteiger partial charge on any atom is 0.151 e. The van der Waals surface area contributed by atoms with Crippen LogP contribution in [-0.2, 0) is 6.42 Å². The van der Waals surface area contributed by atoms with Gasteiger partial charge in [-0.15, -0.1) is 11.3 Å². The molecule has 0 aliphatic carbocycles. The number of nitrogen functional groups attached to an aromatic ring is 1. The molecule has 0 aliphatic heterocycles. The van der Waals surface area contributed by atoms with E-state index in [1.165, 1.54) is 6.42 Å². The lowest BCUT2D eigenvalue weighted by atomic mass is 10.1. The molecular formula is C18H25N5S. The number of hydrogen-bond acceptors (Lipinski definition) is 6. The van der Waals surface area contributed by atoms with Crippen molar-refractivity contribution in [1.82, 2.24) is 9.97 Å². The van der Waals surface area contributed by atoms with Crippen molar-refractivity contribution in [2.24, 2.45) is 5.73 Å². The summed E-state index contributed by atoms with van der Waals surface area (Å²) in [5.74, 6) is 0.525. The fourth-order valence-electron chi connectivity index (χ4n) is 2.84. The van der Waals surface area contributed by atoms with E-state index in [0.29, 0.717) is 5.82 Å². The highest BCUT2D eigenvalue weighted by Crippen LogP contribution is 2.36. The lowest BCUT2D eigenvalue weighted by molar-refractivity contribution is 0.774. The highest BCUT2D eigenvalue weighted by atomic mass is 32.1. The molecule has 2 heterocycles. The van der Waals surface area contributed by atoms with Crippen molar-refractivity contribution in [2.75, 3.05) is 24.1 Å². The van der Waals surface area contributed by atoms with E-state index in [4.69, 9.17) is 16.5 Å². The van der Waals surface area contributed by atoms with Crippen LogP contribution in [0.4, 0.5) is 11.5 Å². The van der Waals surface area contributed by atoms with Crippen LogP contribution in [0.15, 0.2) is 18.2 Å². The topological polar surface area (TPSA) is 89.8 Å². The van der Waals surface area contributed by atoms with Gasteiger partial charge in [-0.25, -0.2) is 9.97 Å². The number of pyridine rings is 1. The van der Waals surface area contributed by atoms with Crippen molar-refractivity contribution in [3.05, 3.63) is 23.2 Å². The zero-order chi connectivity index (χ0) is 16.9. The van der Waals surface area contributed by atoms with Crippen molar-refractivity contribution in [2.45, 2.75) is 39.0 Å². The van der Waals surface area contributed by atoms with E-state index in [2.05, 4.69) is 23.3 Å². The van der Waals surface area contributed by atoms with Gasteiger partial charge in [0.25, 0.3) is 0 Å². The molecule has 0 saturated heterocycles. The molecule has 3 aromatic rings. The molecular weight excluding hydrogens is 318 g/mol. The Balaban J connectivity index is 2.04. The van der Waals surface area contributed by atoms with Gasteiger partial charge in [-0.2, -0.15) is 0 Å². The molecule has 0 bridgehead atoms. The Hall–Kier alpha value is -1.92. The van der Waals surface area contributed by atoms with Crippen molar-refractivity contribution < 1.29 is 0 Å². The van der Waals surface area contributed by atoms with Gasteiger partial charge in [-0.3, -0.25) is 0 Å². The minimum absolute atomic E-state index is 0.525. The van der Waals surface area contributed by atoms with Gasteiger partial charge in [0.2, 0.25) is 0 Å². The van der Waals surface area contributed by atoms with E-state index in [9.17, 15) is 0 Å². The summed E-state index contributed by atoms with van der Waals surface area (Å²) >= 11 is 1.75. The maximum atomic E-state index is 6.15. The SMILES string of the molecule is CCCCc1nc2c(N)nc3cccc(NCCCCN)c3c2s1. The Morgan fingerprint density at radius 1 is 1.17 bits per heavy atom. The molecule has 128 valence electrons. The fourth-order valence-corrected chi connectivity index (χ4v) is 4.02. The molecule has 0 atom stereocenters. The van der Waals surface area contributed by atoms with E-state index in [1.54, 1.807) is 11.3 Å². The lowest BCUT2D eigenvalue weighted by Gasteiger charge is -2.10. The fraction of sp³-hybridized carbons (Fsp3) is 0.444. The first kappa shape index (κ1) is 16.9. The smallest absolute Gasteiger partial charge is 0.151 e. The molecule has 0 spiro atoms. The molecule has 0 saturated carbocycles. The summed E-state index contributed by atoms with van der Waals surface area (Å²) in [4.78, 5) is 9.30. The number of aromatic nitrogens is 2. The molecule has 3 rings (SSSR count). The van der Waals surface area contributed by atoms with Gasteiger partial charge < -0.3 is 16.8 Å². The minimum Gasteiger partial charge on any atom is -0.384 e. The summed E-state index contributed by atoms with van der Waals surface area (Å²) in [6.45, 7) is 3.83. The Morgan fingerprint density at radius 3 is 2.83 bits per heavy atom. The molecule has 1 aromatic carbocycles. The number of anilines is 2. The molecule has 0 unspecified atom stereocenters. The van der Waals surface area contributed by atoms with Crippen LogP contribution in [0.2, 0.25) is 0 Å². The van der Waals surface area contributed by atoms with Crippen LogP contribution < -0.4 is 16.8 Å². The number of rotatable bonds is 8. The van der Waals surface area contributed by atoms with E-state index in [1.807, 2.05) is 12.1 Å². The number of thiazole rings is 1. The number of nitrogens with zero attached hydrogens (tertiary/aromatic N) is 2. The normalized spacial score (nSPS) is 11.4. The Morgan fingerprint density at radius 2 is 2.04 bits per heavy atom. The first-order valence-corrected chi connectivity index (χ1v) is 9.47. The van der Waals surface area contributed by atoms with Crippen molar-refractivity contribution >= 4 is 44.0 Å². The summed E-state index contributed by atoms with van der Waals surface area (Å²) in [5.41, 5.74) is 14.6. The summed E-state index contributed by atoms with van der Waals surface area (Å²) in [7, 11) is 0. The van der Waals surface area contributed by atoms with Crippen LogP contribution in [0, 0.1) is 0 Å². The van der Waals surface area contributed by atoms with Crippen LogP contribution >= 0.6 is 11.3 Å². The second-order valence-electron chi connectivity index (χ2n) is 6.01. The van der Waals surface area contributed by atoms with Gasteiger partial charge in [0.15, 0.2) is 5.82 Å². The zero-order valence-corrected chi connectivity index (χ0v) is 15.0. The molecule has 2 aromatic heterocycles. The molecule has 5 N–H and O–H groups in total. The summed E-state index contributed by atoms with van der Waals surface area (Å²) < 4.78 is 1.14. The van der Waals surface area contributed by atoms with Crippen molar-refractivity contribution in [3.8, 4) is 0 Å². The Kier molecular flexibility index (Phi) is 5.48. The maximum absolute atomic E-state index is 6.15. The molecule has 0 radical (unpaired) electrons. The largest absolute Gasteiger partial charge is 0.384 e. The molecule has 24 heavy (non-hydrogen) atoms. The van der Waals surface area contributed by atoms with E-state index < -0.39 is 0 Å². The predicted octanol–water partition coefficient (Wildman–Crippen LogP) is 3.92. The van der Waals surface area contributed by atoms with Crippen molar-refractivity contribution in [3.63, 3.8) is 0 Å². The zero-order valence-electron chi connectivity index (χ0n) is 14.1. The monoisotopic (exact) mass is 343 g/mol. The molecule has 5 nitrogen and oxygen atoms in total. The average Bonchev–Trinajstić information content (AvgIpc) is 3.01. The molecule has 0 amide bonds. The van der Waals surface area contributed by atoms with Gasteiger partial charge in [0.1, 0.15) is 5.52 Å². The first-order chi connectivity index (χ1) is 11.7. The number of unbranched alkanes of at least 4 members (excludes halogenated alkanes) is 2. The molecule has 0 fully saturated rings. The summed E-state index contributed by atoms with van der Waals surface area (Å²) in [6, 6.07) is 6.14. The van der Waals surface area contributed by atoms with Gasteiger partial charge in [-0.05, 0) is 44.4 Å². The number of aryl methyl sites for hydroxylation is 1. The highest BCUT2D eigenvalue weighted by Gasteiger charge is 2.14. The van der Waals surface area contributed by atoms with Gasteiger partial charge in [-0.1, -0.05) is 19.4 Å². The van der Waals surface area contributed by atoms with Crippen LogP contribution in [0.3, 0.4) is 0 Å². The summed E-state index contributed by atoms with van der Waals surface area (Å²) in [6.07, 6.45) is 5.40. The van der Waals surface area contributed by atoms with Gasteiger partial charge >= 0.3 is 0 Å². The number of hydrogen-bond donors (Lipinski definition) is 3. The predicted molar refractivity (Wildman–Crippen MR) is 105 cm³/mol. The molecule has 0 aliphatic rings. The third-order valence-corrected chi connectivity index (χ3v) is 5.25. The number of benzene rings is 1. The average molecular weight is 344 g/mol. The second-order valence-corrected chi connectivity index (χ2v) is 7.09. The number of fused-ring (bicyclic) bond motifs is 3. The first-order valence-electron chi connectivity index (χ1n) is 8.66. The lowest BCUT2D eigenvalue weighted by Crippen LogP contribution is -2.06. The van der Waals surface area contributed by atoms with Gasteiger partial charge in [0.05, 0.1) is 15.2 Å². The molecule has 6 heteroatoms. The summed E-state index contributed by atoms with van der Waals surface area (Å²) in [5, 5.41) is 5.81. The van der Waals surface area contributed by atoms with Crippen molar-refractivity contribution in [1.29, 1.82) is 0 Å². The van der Waals surface area contributed by atoms with Crippen LogP contribution in [0.5, 0.6) is 0 Å². The number of nitrogens with two attached hydrogens (primary N) is 2. The van der Waals surface area contributed by atoms with E-state index >= 15 is 0 Å².